The van der Waals surface area contributed by atoms with Crippen LogP contribution in [0.15, 0.2) is 84.9 Å². The van der Waals surface area contributed by atoms with Crippen molar-refractivity contribution in [1.29, 1.82) is 0 Å². The first-order valence-corrected chi connectivity index (χ1v) is 9.16. The molecule has 0 radical (unpaired) electrons. The van der Waals surface area contributed by atoms with E-state index in [2.05, 4.69) is 60.7 Å². The zero-order valence-electron chi connectivity index (χ0n) is 14.9. The molecule has 4 N–H and O–H groups in total. The summed E-state index contributed by atoms with van der Waals surface area (Å²) in [7, 11) is 0. The Morgan fingerprint density at radius 1 is 0.519 bits per heavy atom. The van der Waals surface area contributed by atoms with Crippen molar-refractivity contribution in [1.82, 2.24) is 0 Å². The van der Waals surface area contributed by atoms with E-state index in [4.69, 9.17) is 11.5 Å². The predicted molar refractivity (Wildman–Crippen MR) is 114 cm³/mol. The summed E-state index contributed by atoms with van der Waals surface area (Å²) in [5.74, 6) is 0. The van der Waals surface area contributed by atoms with E-state index in [0.717, 1.165) is 17.8 Å². The van der Waals surface area contributed by atoms with E-state index >= 15 is 0 Å². The van der Waals surface area contributed by atoms with Crippen LogP contribution in [-0.4, -0.2) is 0 Å². The molecule has 1 aliphatic carbocycles. The van der Waals surface area contributed by atoms with Crippen LogP contribution in [0.1, 0.15) is 11.1 Å². The van der Waals surface area contributed by atoms with Crippen LogP contribution >= 0.6 is 0 Å². The van der Waals surface area contributed by atoms with Gasteiger partial charge in [-0.05, 0) is 87.3 Å². The molecule has 27 heavy (non-hydrogen) atoms. The molecule has 0 aliphatic heterocycles. The zero-order valence-corrected chi connectivity index (χ0v) is 14.9. The summed E-state index contributed by atoms with van der Waals surface area (Å²) in [4.78, 5) is 0. The van der Waals surface area contributed by atoms with Gasteiger partial charge in [-0.2, -0.15) is 0 Å². The summed E-state index contributed by atoms with van der Waals surface area (Å²) in [5, 5.41) is 0. The number of hydrogen-bond donors (Lipinski definition) is 2. The van der Waals surface area contributed by atoms with Gasteiger partial charge < -0.3 is 11.5 Å². The summed E-state index contributed by atoms with van der Waals surface area (Å²) in [5.41, 5.74) is 23.6. The maximum atomic E-state index is 5.91. The second kappa shape index (κ2) is 6.03. The van der Waals surface area contributed by atoms with Crippen molar-refractivity contribution in [3.05, 3.63) is 96.1 Å². The van der Waals surface area contributed by atoms with Gasteiger partial charge in [-0.1, -0.05) is 48.5 Å². The molecule has 1 aliphatic rings. The quantitative estimate of drug-likeness (QED) is 0.399. The first kappa shape index (κ1) is 15.7. The molecule has 0 atom stereocenters. The Labute approximate surface area is 159 Å². The molecule has 2 nitrogen and oxygen atoms in total. The van der Waals surface area contributed by atoms with Gasteiger partial charge in [0.25, 0.3) is 0 Å². The molecule has 0 saturated carbocycles. The zero-order chi connectivity index (χ0) is 18.4. The fraction of sp³-hybridized carbons (Fsp3) is 0.0400. The van der Waals surface area contributed by atoms with E-state index < -0.39 is 0 Å². The highest BCUT2D eigenvalue weighted by Crippen LogP contribution is 2.44. The van der Waals surface area contributed by atoms with Crippen molar-refractivity contribution in [2.45, 2.75) is 6.42 Å². The van der Waals surface area contributed by atoms with Crippen molar-refractivity contribution in [3.63, 3.8) is 0 Å². The molecule has 0 fully saturated rings. The Balaban J connectivity index is 1.76. The summed E-state index contributed by atoms with van der Waals surface area (Å²) < 4.78 is 0. The maximum absolute atomic E-state index is 5.91. The molecule has 130 valence electrons. The smallest absolute Gasteiger partial charge is 0.0314 e. The van der Waals surface area contributed by atoms with Crippen LogP contribution in [0.5, 0.6) is 0 Å². The average Bonchev–Trinajstić information content (AvgIpc) is 3.07. The number of fused-ring (bicyclic) bond motifs is 3. The lowest BCUT2D eigenvalue weighted by Crippen LogP contribution is -1.92. The van der Waals surface area contributed by atoms with Crippen LogP contribution in [0.4, 0.5) is 11.4 Å². The minimum absolute atomic E-state index is 0.781. The van der Waals surface area contributed by atoms with Gasteiger partial charge in [0.15, 0.2) is 0 Å². The molecule has 0 saturated heterocycles. The standard InChI is InChI=1S/C25H20N2/c26-20-9-5-16(6-10-20)19-14-23(17-7-11-21(27)12-8-17)25-13-18-3-1-2-4-22(18)24(25)15-19/h1-12,14-15H,13,26-27H2. The Bertz CT molecular complexity index is 1140. The normalized spacial score (nSPS) is 11.9. The van der Waals surface area contributed by atoms with E-state index in [1.54, 1.807) is 0 Å². The van der Waals surface area contributed by atoms with Gasteiger partial charge in [-0.25, -0.2) is 0 Å². The van der Waals surface area contributed by atoms with Crippen molar-refractivity contribution < 1.29 is 0 Å². The third kappa shape index (κ3) is 2.67. The van der Waals surface area contributed by atoms with Crippen LogP contribution in [0.3, 0.4) is 0 Å². The topological polar surface area (TPSA) is 52.0 Å². The van der Waals surface area contributed by atoms with E-state index in [0.29, 0.717) is 0 Å². The van der Waals surface area contributed by atoms with Crippen LogP contribution in [0.2, 0.25) is 0 Å². The highest BCUT2D eigenvalue weighted by Gasteiger charge is 2.22. The molecule has 4 aromatic rings. The molecule has 0 aromatic heterocycles. The molecule has 2 heteroatoms. The van der Waals surface area contributed by atoms with E-state index in [1.807, 2.05) is 24.3 Å². The van der Waals surface area contributed by atoms with E-state index in [1.165, 1.54) is 44.5 Å². The highest BCUT2D eigenvalue weighted by atomic mass is 14.5. The Kier molecular flexibility index (Phi) is 3.51. The van der Waals surface area contributed by atoms with Gasteiger partial charge in [0.1, 0.15) is 0 Å². The molecule has 0 heterocycles. The van der Waals surface area contributed by atoms with Gasteiger partial charge in [-0.15, -0.1) is 0 Å². The van der Waals surface area contributed by atoms with Crippen LogP contribution in [0.25, 0.3) is 33.4 Å². The molecule has 0 spiro atoms. The van der Waals surface area contributed by atoms with Gasteiger partial charge in [0, 0.05) is 11.4 Å². The molecular weight excluding hydrogens is 328 g/mol. The van der Waals surface area contributed by atoms with Gasteiger partial charge in [-0.3, -0.25) is 0 Å². The molecule has 0 bridgehead atoms. The monoisotopic (exact) mass is 348 g/mol. The summed E-state index contributed by atoms with van der Waals surface area (Å²) in [6.45, 7) is 0. The molecule has 5 rings (SSSR count). The predicted octanol–water partition coefficient (Wildman–Crippen LogP) is 5.76. The van der Waals surface area contributed by atoms with Gasteiger partial charge in [0.2, 0.25) is 0 Å². The Morgan fingerprint density at radius 2 is 1.11 bits per heavy atom. The molecule has 4 aromatic carbocycles. The van der Waals surface area contributed by atoms with Crippen molar-refractivity contribution in [2.24, 2.45) is 0 Å². The SMILES string of the molecule is Nc1ccc(-c2cc(-c3ccc(N)cc3)c3c(c2)-c2ccccc2C3)cc1. The fourth-order valence-corrected chi connectivity index (χ4v) is 3.99. The number of benzene rings is 4. The van der Waals surface area contributed by atoms with E-state index in [-0.39, 0.29) is 0 Å². The number of rotatable bonds is 2. The highest BCUT2D eigenvalue weighted by molar-refractivity contribution is 5.89. The molecule has 0 amide bonds. The summed E-state index contributed by atoms with van der Waals surface area (Å²) in [6.07, 6.45) is 0.966. The number of anilines is 2. The fourth-order valence-electron chi connectivity index (χ4n) is 3.99. The van der Waals surface area contributed by atoms with Gasteiger partial charge in [0.05, 0.1) is 0 Å². The second-order valence-corrected chi connectivity index (χ2v) is 7.13. The minimum atomic E-state index is 0.781. The maximum Gasteiger partial charge on any atom is 0.0314 e. The van der Waals surface area contributed by atoms with Crippen molar-refractivity contribution in [2.75, 3.05) is 11.5 Å². The third-order valence-corrected chi connectivity index (χ3v) is 5.39. The van der Waals surface area contributed by atoms with Gasteiger partial charge >= 0.3 is 0 Å². The Hall–Kier alpha value is -3.52. The minimum Gasteiger partial charge on any atom is -0.399 e. The van der Waals surface area contributed by atoms with Crippen LogP contribution in [-0.2, 0) is 6.42 Å². The van der Waals surface area contributed by atoms with E-state index in [9.17, 15) is 0 Å². The lowest BCUT2D eigenvalue weighted by Gasteiger charge is -2.14. The molecular formula is C25H20N2. The average molecular weight is 348 g/mol. The lowest BCUT2D eigenvalue weighted by atomic mass is 9.91. The van der Waals surface area contributed by atoms with Crippen molar-refractivity contribution >= 4 is 11.4 Å². The number of hydrogen-bond acceptors (Lipinski definition) is 2. The Morgan fingerprint density at radius 3 is 1.81 bits per heavy atom. The number of nitrogens with two attached hydrogens (primary N) is 2. The second-order valence-electron chi connectivity index (χ2n) is 7.13. The first-order chi connectivity index (χ1) is 13.2. The molecule has 0 unspecified atom stereocenters. The summed E-state index contributed by atoms with van der Waals surface area (Å²) in [6, 6.07) is 29.6. The van der Waals surface area contributed by atoms with Crippen molar-refractivity contribution in [3.8, 4) is 33.4 Å². The number of nitrogen functional groups attached to an aromatic ring is 2. The third-order valence-electron chi connectivity index (χ3n) is 5.39. The van der Waals surface area contributed by atoms with Crippen LogP contribution < -0.4 is 11.5 Å². The largest absolute Gasteiger partial charge is 0.399 e. The lowest BCUT2D eigenvalue weighted by molar-refractivity contribution is 1.26. The van der Waals surface area contributed by atoms with Crippen LogP contribution in [0, 0.1) is 0 Å². The summed E-state index contributed by atoms with van der Waals surface area (Å²) >= 11 is 0. The first-order valence-electron chi connectivity index (χ1n) is 9.16.